The minimum absolute atomic E-state index is 0. The number of anilines is 9. The van der Waals surface area contributed by atoms with Gasteiger partial charge in [-0.1, -0.05) is 94.5 Å². The van der Waals surface area contributed by atoms with E-state index in [4.69, 9.17) is 49.0 Å². The van der Waals surface area contributed by atoms with Crippen molar-refractivity contribution in [2.75, 3.05) is 51.8 Å². The van der Waals surface area contributed by atoms with Gasteiger partial charge in [-0.2, -0.15) is 15.0 Å². The molecule has 0 spiro atoms. The molecule has 6 aromatic rings. The van der Waals surface area contributed by atoms with Gasteiger partial charge in [0.15, 0.2) is 16.8 Å². The Morgan fingerprint density at radius 3 is 0.863 bits per heavy atom. The molecule has 3 aliphatic heterocycles. The lowest BCUT2D eigenvalue weighted by molar-refractivity contribution is -0.135. The summed E-state index contributed by atoms with van der Waals surface area (Å²) in [6.07, 6.45) is 9.53. The molecule has 0 radical (unpaired) electrons. The van der Waals surface area contributed by atoms with Crippen LogP contribution >= 0.6 is 72.0 Å². The van der Waals surface area contributed by atoms with Crippen LogP contribution in [0.15, 0.2) is 109 Å². The van der Waals surface area contributed by atoms with Crippen LogP contribution in [0, 0.1) is 30.6 Å². The van der Waals surface area contributed by atoms with Gasteiger partial charge >= 0.3 is 0 Å². The molecule has 0 fully saturated rings. The molecular formula is C68H86Cl6N12O9. The molecular weight excluding hydrogens is 1340 g/mol. The summed E-state index contributed by atoms with van der Waals surface area (Å²) < 4.78 is 18.4. The third-order valence-corrected chi connectivity index (χ3v) is 15.7. The number of nitrogens with one attached hydrogen (secondary N) is 6. The first kappa shape index (κ1) is 81.7. The van der Waals surface area contributed by atoms with E-state index >= 15 is 0 Å². The summed E-state index contributed by atoms with van der Waals surface area (Å²) in [7, 11) is 5.12. The van der Waals surface area contributed by atoms with Crippen LogP contribution in [0.5, 0.6) is 17.6 Å². The average Bonchev–Trinajstić information content (AvgIpc) is 0.764. The molecule has 6 N–H and O–H groups in total. The molecule has 0 aliphatic carbocycles. The lowest BCUT2D eigenvalue weighted by atomic mass is 9.91. The van der Waals surface area contributed by atoms with Crippen molar-refractivity contribution in [1.82, 2.24) is 30.9 Å². The van der Waals surface area contributed by atoms with Crippen LogP contribution in [0.25, 0.3) is 0 Å². The Morgan fingerprint density at radius 2 is 0.663 bits per heavy atom. The van der Waals surface area contributed by atoms with Gasteiger partial charge in [-0.15, -0.1) is 50.1 Å². The van der Waals surface area contributed by atoms with Crippen LogP contribution in [0.3, 0.4) is 0 Å². The van der Waals surface area contributed by atoms with Crippen LogP contribution < -0.4 is 60.8 Å². The van der Waals surface area contributed by atoms with Gasteiger partial charge in [-0.3, -0.25) is 43.5 Å². The molecule has 514 valence electrons. The van der Waals surface area contributed by atoms with E-state index in [1.54, 1.807) is 168 Å². The molecule has 0 saturated carbocycles. The lowest BCUT2D eigenvalue weighted by Gasteiger charge is -2.40. The summed E-state index contributed by atoms with van der Waals surface area (Å²) in [5.41, 5.74) is 0.110. The van der Waals surface area contributed by atoms with E-state index in [0.29, 0.717) is 85.9 Å². The standard InChI is InChI=1S/3C22H27ClN4O3.C2H2.3ClH/c3*1-13(2)12-22(4)21(29)27(16-8-6-7-15(23)11-16)17-9-10-18(26-20(17)30-22)25-19(28)14(3)24-5;1-2;;;/h3*6-11,13-14,24H,12H2,1-5H3,(H,25,26,28);1-2H;3*1H/t14-,22?;14-,22+;14-,22-;;;;/m000..../s1. The topological polar surface area (TPSA) is 251 Å². The Morgan fingerprint density at radius 1 is 0.432 bits per heavy atom. The zero-order valence-electron chi connectivity index (χ0n) is 55.8. The number of likely N-dealkylation sites (N-methyl/N-ethyl adjacent to an activating group) is 3. The number of hydrogen-bond donors (Lipinski definition) is 6. The highest BCUT2D eigenvalue weighted by Gasteiger charge is 2.49. The Hall–Kier alpha value is -7.49. The van der Waals surface area contributed by atoms with Gasteiger partial charge in [0.25, 0.3) is 17.7 Å². The van der Waals surface area contributed by atoms with Crippen LogP contribution in [-0.2, 0) is 28.8 Å². The van der Waals surface area contributed by atoms with Crippen LogP contribution in [0.2, 0.25) is 15.1 Å². The van der Waals surface area contributed by atoms with Crippen molar-refractivity contribution in [2.24, 2.45) is 17.8 Å². The Balaban J connectivity index is 0.000000361. The lowest BCUT2D eigenvalue weighted by Crippen LogP contribution is -2.53. The first-order chi connectivity index (χ1) is 43.4. The third-order valence-electron chi connectivity index (χ3n) is 15.0. The van der Waals surface area contributed by atoms with E-state index in [0.717, 1.165) is 0 Å². The third kappa shape index (κ3) is 20.1. The molecule has 3 aliphatic rings. The maximum absolute atomic E-state index is 13.5. The van der Waals surface area contributed by atoms with E-state index in [1.165, 1.54) is 0 Å². The normalized spacial score (nSPS) is 18.3. The molecule has 9 rings (SSSR count). The number of hydrogen-bond acceptors (Lipinski definition) is 15. The first-order valence-corrected chi connectivity index (χ1v) is 31.2. The summed E-state index contributed by atoms with van der Waals surface area (Å²) in [5, 5.41) is 18.5. The fraction of sp³-hybridized carbons (Fsp3) is 0.397. The second-order valence-corrected chi connectivity index (χ2v) is 25.5. The summed E-state index contributed by atoms with van der Waals surface area (Å²) in [5.74, 6) is 1.39. The van der Waals surface area contributed by atoms with E-state index in [2.05, 4.69) is 59.7 Å². The number of amides is 6. The van der Waals surface area contributed by atoms with Gasteiger partial charge in [0, 0.05) is 15.1 Å². The highest BCUT2D eigenvalue weighted by Crippen LogP contribution is 2.47. The number of aromatic nitrogens is 3. The fourth-order valence-electron chi connectivity index (χ4n) is 10.5. The smallest absolute Gasteiger partial charge is 0.275 e. The number of rotatable bonds is 18. The van der Waals surface area contributed by atoms with Gasteiger partial charge < -0.3 is 46.1 Å². The van der Waals surface area contributed by atoms with E-state index < -0.39 is 16.8 Å². The molecule has 3 aromatic heterocycles. The average molecular weight is 1430 g/mol. The number of halogens is 6. The van der Waals surface area contributed by atoms with Crippen molar-refractivity contribution < 1.29 is 43.0 Å². The van der Waals surface area contributed by atoms with Crippen molar-refractivity contribution in [1.29, 1.82) is 0 Å². The quantitative estimate of drug-likeness (QED) is 0.0438. The Labute approximate surface area is 590 Å². The summed E-state index contributed by atoms with van der Waals surface area (Å²) in [6, 6.07) is 30.3. The SMILES string of the molecule is C#C.CN[C@@H](C)C(=O)Nc1ccc2c(n1)OC(C)(CC(C)C)C(=O)N2c1cccc(Cl)c1.CN[C@@H](C)C(=O)Nc1ccc2c(n1)O[C@@](C)(CC(C)C)C(=O)N2c1cccc(Cl)c1.CN[C@@H](C)C(=O)Nc1ccc2c(n1)O[C@](C)(CC(C)C)C(=O)N2c1cccc(Cl)c1.Cl.Cl.Cl. The summed E-state index contributed by atoms with van der Waals surface area (Å²) in [6.45, 7) is 22.8. The van der Waals surface area contributed by atoms with Crippen molar-refractivity contribution in [3.63, 3.8) is 0 Å². The van der Waals surface area contributed by atoms with Crippen molar-refractivity contribution in [3.8, 4) is 30.5 Å². The number of benzene rings is 3. The molecule has 6 heterocycles. The minimum Gasteiger partial charge on any atom is -0.460 e. The second-order valence-electron chi connectivity index (χ2n) is 24.2. The highest BCUT2D eigenvalue weighted by molar-refractivity contribution is 6.32. The number of pyridine rings is 3. The number of nitrogens with zero attached hydrogens (tertiary/aromatic N) is 6. The zero-order chi connectivity index (χ0) is 68.2. The van der Waals surface area contributed by atoms with E-state index in [1.807, 2.05) is 59.7 Å². The van der Waals surface area contributed by atoms with Crippen molar-refractivity contribution in [3.05, 3.63) is 124 Å². The molecule has 3 aromatic carbocycles. The number of ether oxygens (including phenoxy) is 3. The number of carbonyl (C=O) groups is 6. The molecule has 21 nitrogen and oxygen atoms in total. The van der Waals surface area contributed by atoms with Gasteiger partial charge in [-0.05, 0) is 191 Å². The minimum atomic E-state index is -1.10. The van der Waals surface area contributed by atoms with E-state index in [-0.39, 0.29) is 126 Å². The van der Waals surface area contributed by atoms with Crippen LogP contribution in [0.4, 0.5) is 51.6 Å². The monoisotopic (exact) mass is 1420 g/mol. The number of fused-ring (bicyclic) bond motifs is 3. The van der Waals surface area contributed by atoms with E-state index in [9.17, 15) is 28.8 Å². The van der Waals surface area contributed by atoms with Gasteiger partial charge in [-0.25, -0.2) is 0 Å². The summed E-state index contributed by atoms with van der Waals surface area (Å²) >= 11 is 18.5. The molecule has 0 saturated heterocycles. The van der Waals surface area contributed by atoms with Crippen LogP contribution in [0.1, 0.15) is 102 Å². The summed E-state index contributed by atoms with van der Waals surface area (Å²) in [4.78, 5) is 95.4. The second kappa shape index (κ2) is 35.5. The Bertz CT molecular complexity index is 3330. The van der Waals surface area contributed by atoms with Gasteiger partial charge in [0.2, 0.25) is 35.4 Å². The molecule has 6 amide bonds. The molecule has 1 unspecified atom stereocenters. The van der Waals surface area contributed by atoms with Crippen LogP contribution in [-0.4, -0.2) is 106 Å². The maximum atomic E-state index is 13.5. The fourth-order valence-corrected chi connectivity index (χ4v) is 11.0. The molecule has 0 bridgehead atoms. The molecule has 27 heteroatoms. The van der Waals surface area contributed by atoms with Crippen molar-refractivity contribution >= 4 is 159 Å². The van der Waals surface area contributed by atoms with Crippen molar-refractivity contribution in [2.45, 2.75) is 137 Å². The Kier molecular flexibility index (Phi) is 30.5. The predicted octanol–water partition coefficient (Wildman–Crippen LogP) is 13.9. The molecule has 95 heavy (non-hydrogen) atoms. The largest absolute Gasteiger partial charge is 0.460 e. The van der Waals surface area contributed by atoms with Gasteiger partial charge in [0.1, 0.15) is 34.5 Å². The predicted molar refractivity (Wildman–Crippen MR) is 387 cm³/mol. The number of terminal acetylenes is 1. The van der Waals surface area contributed by atoms with Gasteiger partial charge in [0.05, 0.1) is 35.2 Å². The first-order valence-electron chi connectivity index (χ1n) is 30.1. The maximum Gasteiger partial charge on any atom is 0.275 e. The number of carbonyl (C=O) groups excluding carboxylic acids is 6. The molecule has 6 atom stereocenters. The zero-order valence-corrected chi connectivity index (χ0v) is 60.6. The highest BCUT2D eigenvalue weighted by atomic mass is 35.5.